The zero-order chi connectivity index (χ0) is 29.6. The number of carboxylic acid groups (broad SMARTS) is 1. The SMILES string of the molecule is O=C(O)CC(NS(=O)(=O)c1ccc(CNC(=O)c2ccccc2)s1)C(=O)Cn1nnc(Cc2c(Cl)cccc2Cl)n1. The van der Waals surface area contributed by atoms with E-state index in [4.69, 9.17) is 23.2 Å². The number of carbonyl (C=O) groups is 3. The van der Waals surface area contributed by atoms with E-state index in [1.165, 1.54) is 12.1 Å². The molecule has 2 aromatic heterocycles. The summed E-state index contributed by atoms with van der Waals surface area (Å²) in [5, 5.41) is 24.6. The van der Waals surface area contributed by atoms with Gasteiger partial charge in [0.15, 0.2) is 11.6 Å². The number of rotatable bonds is 13. The molecule has 1 amide bonds. The van der Waals surface area contributed by atoms with Crippen LogP contribution in [0.4, 0.5) is 0 Å². The maximum atomic E-state index is 13.0. The van der Waals surface area contributed by atoms with Gasteiger partial charge in [-0.1, -0.05) is 47.5 Å². The van der Waals surface area contributed by atoms with E-state index in [1.54, 1.807) is 48.5 Å². The highest BCUT2D eigenvalue weighted by atomic mass is 35.5. The molecule has 1 unspecified atom stereocenters. The molecule has 1 atom stereocenters. The second-order valence-electron chi connectivity index (χ2n) is 8.62. The number of aromatic nitrogens is 4. The number of halogens is 2. The van der Waals surface area contributed by atoms with E-state index in [2.05, 4.69) is 25.4 Å². The molecule has 2 heterocycles. The Bertz CT molecular complexity index is 1660. The summed E-state index contributed by atoms with van der Waals surface area (Å²) in [6.07, 6.45) is -0.676. The van der Waals surface area contributed by atoms with Crippen molar-refractivity contribution >= 4 is 62.2 Å². The standard InChI is InChI=1S/C25H22Cl2N6O6S2/c26-18-7-4-8-19(27)17(18)11-22-29-32-33(30-22)14-21(34)20(12-23(35)36)31-41(38,39)24-10-9-16(40-24)13-28-25(37)15-5-2-1-3-6-15/h1-10,20,31H,11-14H2,(H,28,37)(H,35,36). The fourth-order valence-corrected chi connectivity index (χ4v) is 6.68. The summed E-state index contributed by atoms with van der Waals surface area (Å²) >= 11 is 13.2. The van der Waals surface area contributed by atoms with Crippen LogP contribution < -0.4 is 10.0 Å². The van der Waals surface area contributed by atoms with Crippen LogP contribution in [-0.4, -0.2) is 57.4 Å². The van der Waals surface area contributed by atoms with Crippen LogP contribution in [0.2, 0.25) is 10.0 Å². The molecule has 0 bridgehead atoms. The molecule has 4 aromatic rings. The Balaban J connectivity index is 1.40. The average molecular weight is 638 g/mol. The number of hydrogen-bond donors (Lipinski definition) is 3. The zero-order valence-electron chi connectivity index (χ0n) is 21.0. The molecule has 41 heavy (non-hydrogen) atoms. The van der Waals surface area contributed by atoms with Crippen molar-refractivity contribution in [1.29, 1.82) is 0 Å². The molecule has 0 radical (unpaired) electrons. The quantitative estimate of drug-likeness (QED) is 0.199. The van der Waals surface area contributed by atoms with Crippen molar-refractivity contribution in [2.75, 3.05) is 0 Å². The number of benzene rings is 2. The number of thiophene rings is 1. The molecule has 0 spiro atoms. The lowest BCUT2D eigenvalue weighted by molar-refractivity contribution is -0.139. The Morgan fingerprint density at radius 3 is 2.39 bits per heavy atom. The van der Waals surface area contributed by atoms with Crippen molar-refractivity contribution < 1.29 is 27.9 Å². The van der Waals surface area contributed by atoms with Crippen molar-refractivity contribution in [2.24, 2.45) is 0 Å². The third-order valence-corrected chi connectivity index (χ3v) is 9.37. The maximum Gasteiger partial charge on any atom is 0.305 e. The summed E-state index contributed by atoms with van der Waals surface area (Å²) < 4.78 is 28.0. The second kappa shape index (κ2) is 13.3. The molecule has 0 aliphatic rings. The number of carbonyl (C=O) groups excluding carboxylic acids is 2. The Kier molecular flexibility index (Phi) is 9.83. The van der Waals surface area contributed by atoms with Gasteiger partial charge in [0.1, 0.15) is 10.8 Å². The average Bonchev–Trinajstić information content (AvgIpc) is 3.59. The van der Waals surface area contributed by atoms with E-state index in [0.717, 1.165) is 16.1 Å². The Morgan fingerprint density at radius 1 is 1.00 bits per heavy atom. The molecule has 3 N–H and O–H groups in total. The summed E-state index contributed by atoms with van der Waals surface area (Å²) in [5.41, 5.74) is 1.02. The number of ketones is 1. The molecule has 0 saturated heterocycles. The van der Waals surface area contributed by atoms with E-state index < -0.39 is 40.8 Å². The van der Waals surface area contributed by atoms with Gasteiger partial charge in [-0.2, -0.15) is 9.52 Å². The van der Waals surface area contributed by atoms with Gasteiger partial charge in [-0.3, -0.25) is 14.4 Å². The Hall–Kier alpha value is -3.69. The number of nitrogens with one attached hydrogen (secondary N) is 2. The molecule has 0 aliphatic carbocycles. The molecule has 4 rings (SSSR count). The third-order valence-electron chi connectivity index (χ3n) is 5.61. The number of Topliss-reactive ketones (excluding diaryl/α,β-unsaturated/α-hetero) is 1. The molecule has 0 aliphatic heterocycles. The highest BCUT2D eigenvalue weighted by Gasteiger charge is 2.29. The number of tetrazole rings is 1. The number of sulfonamides is 1. The van der Waals surface area contributed by atoms with Crippen LogP contribution in [-0.2, 0) is 39.1 Å². The lowest BCUT2D eigenvalue weighted by Gasteiger charge is -2.15. The molecule has 16 heteroatoms. The Labute approximate surface area is 248 Å². The van der Waals surface area contributed by atoms with Crippen molar-refractivity contribution in [2.45, 2.75) is 36.2 Å². The van der Waals surface area contributed by atoms with Gasteiger partial charge in [0.05, 0.1) is 19.0 Å². The van der Waals surface area contributed by atoms with Gasteiger partial charge in [0.2, 0.25) is 0 Å². The van der Waals surface area contributed by atoms with Gasteiger partial charge >= 0.3 is 5.97 Å². The van der Waals surface area contributed by atoms with Crippen molar-refractivity contribution in [1.82, 2.24) is 30.2 Å². The van der Waals surface area contributed by atoms with Gasteiger partial charge in [-0.05, 0) is 47.2 Å². The molecular formula is C25H22Cl2N6O6S2. The number of aliphatic carboxylic acids is 1. The first-order chi connectivity index (χ1) is 19.5. The van der Waals surface area contributed by atoms with E-state index >= 15 is 0 Å². The van der Waals surface area contributed by atoms with Crippen LogP contribution in [0.5, 0.6) is 0 Å². The minimum Gasteiger partial charge on any atom is -0.481 e. The third kappa shape index (κ3) is 8.17. The first-order valence-corrected chi connectivity index (χ1v) is 15.0. The summed E-state index contributed by atoms with van der Waals surface area (Å²) in [6.45, 7) is -0.462. The van der Waals surface area contributed by atoms with E-state index in [9.17, 15) is 27.9 Å². The van der Waals surface area contributed by atoms with Gasteiger partial charge in [-0.25, -0.2) is 8.42 Å². The van der Waals surface area contributed by atoms with Crippen LogP contribution in [0.3, 0.4) is 0 Å². The van der Waals surface area contributed by atoms with Gasteiger partial charge < -0.3 is 10.4 Å². The fourth-order valence-electron chi connectivity index (χ4n) is 3.62. The monoisotopic (exact) mass is 636 g/mol. The van der Waals surface area contributed by atoms with E-state index in [0.29, 0.717) is 26.0 Å². The summed E-state index contributed by atoms with van der Waals surface area (Å²) in [5.74, 6) is -2.30. The summed E-state index contributed by atoms with van der Waals surface area (Å²) in [6, 6.07) is 14.7. The van der Waals surface area contributed by atoms with Crippen LogP contribution in [0.25, 0.3) is 0 Å². The van der Waals surface area contributed by atoms with Crippen LogP contribution in [0.15, 0.2) is 64.9 Å². The Morgan fingerprint density at radius 2 is 1.71 bits per heavy atom. The molecule has 214 valence electrons. The fraction of sp³-hybridized carbons (Fsp3) is 0.200. The highest BCUT2D eigenvalue weighted by Crippen LogP contribution is 2.26. The summed E-state index contributed by atoms with van der Waals surface area (Å²) in [4.78, 5) is 38.1. The van der Waals surface area contributed by atoms with E-state index in [1.807, 2.05) is 0 Å². The largest absolute Gasteiger partial charge is 0.481 e. The minimum absolute atomic E-state index is 0.0745. The molecule has 2 aromatic carbocycles. The molecule has 0 fully saturated rings. The number of amides is 1. The normalized spacial score (nSPS) is 12.1. The zero-order valence-corrected chi connectivity index (χ0v) is 24.2. The predicted octanol–water partition coefficient (Wildman–Crippen LogP) is 2.95. The lowest BCUT2D eigenvalue weighted by atomic mass is 10.1. The van der Waals surface area contributed by atoms with Crippen molar-refractivity contribution in [3.05, 3.63) is 92.5 Å². The molecular weight excluding hydrogens is 615 g/mol. The van der Waals surface area contributed by atoms with E-state index in [-0.39, 0.29) is 28.9 Å². The van der Waals surface area contributed by atoms with Crippen molar-refractivity contribution in [3.8, 4) is 0 Å². The van der Waals surface area contributed by atoms with Gasteiger partial charge in [0.25, 0.3) is 15.9 Å². The van der Waals surface area contributed by atoms with Gasteiger partial charge in [0, 0.05) is 26.9 Å². The van der Waals surface area contributed by atoms with Crippen LogP contribution >= 0.6 is 34.5 Å². The number of carboxylic acids is 1. The molecule has 0 saturated carbocycles. The topological polar surface area (TPSA) is 173 Å². The highest BCUT2D eigenvalue weighted by molar-refractivity contribution is 7.91. The molecule has 12 nitrogen and oxygen atoms in total. The van der Waals surface area contributed by atoms with Crippen molar-refractivity contribution in [3.63, 3.8) is 0 Å². The van der Waals surface area contributed by atoms with Crippen LogP contribution in [0.1, 0.15) is 33.0 Å². The minimum atomic E-state index is -4.28. The summed E-state index contributed by atoms with van der Waals surface area (Å²) in [7, 11) is -4.28. The van der Waals surface area contributed by atoms with Crippen LogP contribution in [0, 0.1) is 0 Å². The lowest BCUT2D eigenvalue weighted by Crippen LogP contribution is -2.43. The smallest absolute Gasteiger partial charge is 0.305 e. The first kappa shape index (κ1) is 30.3. The number of nitrogens with zero attached hydrogens (tertiary/aromatic N) is 4. The first-order valence-electron chi connectivity index (χ1n) is 11.9. The predicted molar refractivity (Wildman–Crippen MR) is 150 cm³/mol. The second-order valence-corrected chi connectivity index (χ2v) is 12.5. The maximum absolute atomic E-state index is 13.0. The van der Waals surface area contributed by atoms with Gasteiger partial charge in [-0.15, -0.1) is 21.5 Å². The number of hydrogen-bond acceptors (Lipinski definition) is 9.